The minimum atomic E-state index is -4.28. The Morgan fingerprint density at radius 2 is 1.76 bits per heavy atom. The predicted octanol–water partition coefficient (Wildman–Crippen LogP) is 2.67. The average molecular weight is 245 g/mol. The second-order valence-electron chi connectivity index (χ2n) is 4.08. The Balaban J connectivity index is 2.57. The van der Waals surface area contributed by atoms with Gasteiger partial charge >= 0.3 is 6.18 Å². The second kappa shape index (κ2) is 5.31. The van der Waals surface area contributed by atoms with E-state index in [-0.39, 0.29) is 12.3 Å². The van der Waals surface area contributed by atoms with Gasteiger partial charge in [-0.3, -0.25) is 9.69 Å². The van der Waals surface area contributed by atoms with Crippen molar-refractivity contribution in [2.75, 3.05) is 20.1 Å². The van der Waals surface area contributed by atoms with Crippen molar-refractivity contribution in [1.82, 2.24) is 4.90 Å². The maximum absolute atomic E-state index is 12.1. The van der Waals surface area contributed by atoms with Crippen molar-refractivity contribution in [3.8, 4) is 0 Å². The molecule has 0 heterocycles. The number of rotatable bonds is 4. The summed E-state index contributed by atoms with van der Waals surface area (Å²) < 4.78 is 36.2. The van der Waals surface area contributed by atoms with Crippen LogP contribution in [0.15, 0.2) is 24.3 Å². The Kier molecular flexibility index (Phi) is 4.28. The molecule has 0 unspecified atom stereocenters. The zero-order chi connectivity index (χ0) is 13.1. The highest BCUT2D eigenvalue weighted by atomic mass is 19.4. The van der Waals surface area contributed by atoms with Gasteiger partial charge in [0.1, 0.15) is 0 Å². The monoisotopic (exact) mass is 245 g/mol. The Morgan fingerprint density at radius 1 is 1.24 bits per heavy atom. The third-order valence-electron chi connectivity index (χ3n) is 2.24. The first-order chi connectivity index (χ1) is 7.78. The van der Waals surface area contributed by atoms with Crippen molar-refractivity contribution in [3.63, 3.8) is 0 Å². The summed E-state index contributed by atoms with van der Waals surface area (Å²) >= 11 is 0. The summed E-state index contributed by atoms with van der Waals surface area (Å²) in [6.07, 6.45) is -4.28. The van der Waals surface area contributed by atoms with Gasteiger partial charge in [-0.05, 0) is 14.0 Å². The van der Waals surface area contributed by atoms with E-state index in [0.29, 0.717) is 5.56 Å². The number of benzene rings is 1. The maximum Gasteiger partial charge on any atom is 0.401 e. The molecule has 1 aromatic rings. The summed E-state index contributed by atoms with van der Waals surface area (Å²) in [5, 5.41) is 0. The Bertz CT molecular complexity index is 384. The number of Topliss-reactive ketones (excluding diaryl/α,β-unsaturated/α-hetero) is 1. The minimum Gasteiger partial charge on any atom is -0.293 e. The molecule has 0 N–H and O–H groups in total. The molecule has 1 rings (SSSR count). The molecular weight excluding hydrogens is 231 g/mol. The lowest BCUT2D eigenvalue weighted by Gasteiger charge is -2.17. The minimum absolute atomic E-state index is 0.234. The number of ketones is 1. The van der Waals surface area contributed by atoms with E-state index >= 15 is 0 Å². The molecule has 2 nitrogen and oxygen atoms in total. The van der Waals surface area contributed by atoms with Crippen LogP contribution in [0.3, 0.4) is 0 Å². The van der Waals surface area contributed by atoms with Gasteiger partial charge in [0.2, 0.25) is 0 Å². The molecule has 0 atom stereocenters. The summed E-state index contributed by atoms with van der Waals surface area (Å²) in [5.41, 5.74) is 1.44. The maximum atomic E-state index is 12.1. The molecule has 0 bridgehead atoms. The number of carbonyl (C=O) groups is 1. The predicted molar refractivity (Wildman–Crippen MR) is 59.1 cm³/mol. The summed E-state index contributed by atoms with van der Waals surface area (Å²) in [4.78, 5) is 12.6. The Morgan fingerprint density at radius 3 is 2.24 bits per heavy atom. The van der Waals surface area contributed by atoms with Crippen molar-refractivity contribution in [3.05, 3.63) is 35.4 Å². The van der Waals surface area contributed by atoms with Gasteiger partial charge in [0, 0.05) is 5.56 Å². The van der Waals surface area contributed by atoms with Crippen molar-refractivity contribution in [1.29, 1.82) is 0 Å². The molecule has 94 valence electrons. The third-order valence-corrected chi connectivity index (χ3v) is 2.24. The molecule has 5 heteroatoms. The van der Waals surface area contributed by atoms with E-state index in [1.165, 1.54) is 7.05 Å². The third kappa shape index (κ3) is 4.99. The van der Waals surface area contributed by atoms with Crippen LogP contribution in [0.25, 0.3) is 0 Å². The molecule has 0 spiro atoms. The van der Waals surface area contributed by atoms with Gasteiger partial charge in [0.15, 0.2) is 5.78 Å². The molecule has 0 aliphatic carbocycles. The summed E-state index contributed by atoms with van der Waals surface area (Å²) in [6, 6.07) is 6.77. The molecule has 0 radical (unpaired) electrons. The largest absolute Gasteiger partial charge is 0.401 e. The van der Waals surface area contributed by atoms with Crippen LogP contribution in [0.5, 0.6) is 0 Å². The van der Waals surface area contributed by atoms with E-state index in [2.05, 4.69) is 0 Å². The number of carbonyl (C=O) groups excluding carboxylic acids is 1. The van der Waals surface area contributed by atoms with E-state index in [9.17, 15) is 18.0 Å². The van der Waals surface area contributed by atoms with Crippen molar-refractivity contribution >= 4 is 5.78 Å². The first kappa shape index (κ1) is 13.7. The average Bonchev–Trinajstić information content (AvgIpc) is 2.15. The van der Waals surface area contributed by atoms with E-state index in [1.807, 2.05) is 6.92 Å². The SMILES string of the molecule is Cc1ccc(C(=O)CN(C)CC(F)(F)F)cc1. The topological polar surface area (TPSA) is 20.3 Å². The van der Waals surface area contributed by atoms with E-state index in [1.54, 1.807) is 24.3 Å². The zero-order valence-electron chi connectivity index (χ0n) is 9.71. The Labute approximate surface area is 98.0 Å². The molecular formula is C12H14F3NO. The lowest BCUT2D eigenvalue weighted by Crippen LogP contribution is -2.34. The van der Waals surface area contributed by atoms with E-state index in [4.69, 9.17) is 0 Å². The smallest absolute Gasteiger partial charge is 0.293 e. The fourth-order valence-corrected chi connectivity index (χ4v) is 1.44. The fraction of sp³-hybridized carbons (Fsp3) is 0.417. The summed E-state index contributed by atoms with van der Waals surface area (Å²) in [6.45, 7) is 0.567. The van der Waals surface area contributed by atoms with E-state index in [0.717, 1.165) is 10.5 Å². The molecule has 0 aromatic heterocycles. The molecule has 17 heavy (non-hydrogen) atoms. The standard InChI is InChI=1S/C12H14F3NO/c1-9-3-5-10(6-4-9)11(17)7-16(2)8-12(13,14)15/h3-6H,7-8H2,1-2H3. The molecule has 0 aliphatic heterocycles. The highest BCUT2D eigenvalue weighted by Crippen LogP contribution is 2.15. The molecule has 0 fully saturated rings. The fourth-order valence-electron chi connectivity index (χ4n) is 1.44. The van der Waals surface area contributed by atoms with Gasteiger partial charge < -0.3 is 0 Å². The number of aryl methyl sites for hydroxylation is 1. The first-order valence-electron chi connectivity index (χ1n) is 5.13. The van der Waals surface area contributed by atoms with Gasteiger partial charge in [0.25, 0.3) is 0 Å². The number of hydrogen-bond acceptors (Lipinski definition) is 2. The van der Waals surface area contributed by atoms with Gasteiger partial charge in [-0.2, -0.15) is 13.2 Å². The van der Waals surface area contributed by atoms with Crippen LogP contribution in [-0.4, -0.2) is 37.0 Å². The van der Waals surface area contributed by atoms with Crippen LogP contribution in [-0.2, 0) is 0 Å². The summed E-state index contributed by atoms with van der Waals surface area (Å²) in [7, 11) is 1.28. The lowest BCUT2D eigenvalue weighted by atomic mass is 10.1. The van der Waals surface area contributed by atoms with Gasteiger partial charge in [0.05, 0.1) is 13.1 Å². The van der Waals surface area contributed by atoms with Gasteiger partial charge in [-0.1, -0.05) is 29.8 Å². The lowest BCUT2D eigenvalue weighted by molar-refractivity contribution is -0.141. The van der Waals surface area contributed by atoms with Crippen LogP contribution in [0.2, 0.25) is 0 Å². The molecule has 1 aromatic carbocycles. The molecule has 0 amide bonds. The number of halogens is 3. The van der Waals surface area contributed by atoms with Crippen molar-refractivity contribution in [2.24, 2.45) is 0 Å². The van der Waals surface area contributed by atoms with E-state index < -0.39 is 12.7 Å². The Hall–Kier alpha value is -1.36. The second-order valence-corrected chi connectivity index (χ2v) is 4.08. The molecule has 0 saturated heterocycles. The van der Waals surface area contributed by atoms with Crippen LogP contribution >= 0.6 is 0 Å². The number of hydrogen-bond donors (Lipinski definition) is 0. The highest BCUT2D eigenvalue weighted by Gasteiger charge is 2.29. The van der Waals surface area contributed by atoms with Gasteiger partial charge in [-0.25, -0.2) is 0 Å². The molecule has 0 saturated carbocycles. The van der Waals surface area contributed by atoms with Crippen LogP contribution in [0.1, 0.15) is 15.9 Å². The highest BCUT2D eigenvalue weighted by molar-refractivity contribution is 5.97. The zero-order valence-corrected chi connectivity index (χ0v) is 9.71. The summed E-state index contributed by atoms with van der Waals surface area (Å²) in [5.74, 6) is -0.309. The van der Waals surface area contributed by atoms with Crippen LogP contribution < -0.4 is 0 Å². The van der Waals surface area contributed by atoms with Gasteiger partial charge in [-0.15, -0.1) is 0 Å². The number of likely N-dealkylation sites (N-methyl/N-ethyl adjacent to an activating group) is 1. The van der Waals surface area contributed by atoms with Crippen molar-refractivity contribution in [2.45, 2.75) is 13.1 Å². The van der Waals surface area contributed by atoms with Crippen LogP contribution in [0, 0.1) is 6.92 Å². The number of alkyl halides is 3. The normalized spacial score (nSPS) is 11.9. The molecule has 0 aliphatic rings. The van der Waals surface area contributed by atoms with Crippen molar-refractivity contribution < 1.29 is 18.0 Å². The number of nitrogens with zero attached hydrogens (tertiary/aromatic N) is 1. The first-order valence-corrected chi connectivity index (χ1v) is 5.13. The van der Waals surface area contributed by atoms with Crippen LogP contribution in [0.4, 0.5) is 13.2 Å². The quantitative estimate of drug-likeness (QED) is 0.760.